The molecular formula is C21H23NO4. The van der Waals surface area contributed by atoms with Gasteiger partial charge in [-0.2, -0.15) is 0 Å². The molecule has 2 aromatic rings. The number of allylic oxidation sites excluding steroid dienone is 1. The highest BCUT2D eigenvalue weighted by Crippen LogP contribution is 2.20. The molecule has 0 saturated heterocycles. The molecule has 0 aliphatic carbocycles. The van der Waals surface area contributed by atoms with E-state index in [4.69, 9.17) is 9.47 Å². The summed E-state index contributed by atoms with van der Waals surface area (Å²) in [6, 6.07) is 14.3. The summed E-state index contributed by atoms with van der Waals surface area (Å²) in [7, 11) is 3.34. The van der Waals surface area contributed by atoms with E-state index in [0.717, 1.165) is 11.3 Å². The van der Waals surface area contributed by atoms with Crippen LogP contribution in [0.5, 0.6) is 11.5 Å². The van der Waals surface area contributed by atoms with Crippen molar-refractivity contribution in [1.29, 1.82) is 0 Å². The van der Waals surface area contributed by atoms with Gasteiger partial charge >= 0.3 is 0 Å². The second kappa shape index (κ2) is 9.42. The first-order valence-electron chi connectivity index (χ1n) is 8.38. The third-order valence-electron chi connectivity index (χ3n) is 3.63. The smallest absolute Gasteiger partial charge is 0.259 e. The van der Waals surface area contributed by atoms with Gasteiger partial charge < -0.3 is 14.4 Å². The van der Waals surface area contributed by atoms with Crippen LogP contribution in [0.3, 0.4) is 0 Å². The number of carbonyl (C=O) groups excluding carboxylic acids is 2. The lowest BCUT2D eigenvalue weighted by atomic mass is 10.1. The normalized spacial score (nSPS) is 10.6. The summed E-state index contributed by atoms with van der Waals surface area (Å²) in [5.74, 6) is 1.05. The van der Waals surface area contributed by atoms with Crippen LogP contribution in [0.25, 0.3) is 6.08 Å². The van der Waals surface area contributed by atoms with Gasteiger partial charge in [-0.05, 0) is 49.4 Å². The average molecular weight is 353 g/mol. The van der Waals surface area contributed by atoms with Crippen molar-refractivity contribution >= 4 is 17.8 Å². The van der Waals surface area contributed by atoms with E-state index >= 15 is 0 Å². The molecule has 0 aliphatic heterocycles. The van der Waals surface area contributed by atoms with Crippen molar-refractivity contribution < 1.29 is 19.1 Å². The molecule has 2 aromatic carbocycles. The fourth-order valence-electron chi connectivity index (χ4n) is 2.16. The van der Waals surface area contributed by atoms with E-state index in [1.165, 1.54) is 11.0 Å². The lowest BCUT2D eigenvalue weighted by Gasteiger charge is -2.11. The molecule has 1 amide bonds. The zero-order chi connectivity index (χ0) is 18.9. The van der Waals surface area contributed by atoms with Crippen LogP contribution >= 0.6 is 0 Å². The molecule has 5 nitrogen and oxygen atoms in total. The van der Waals surface area contributed by atoms with E-state index < -0.39 is 0 Å². The first kappa shape index (κ1) is 19.2. The van der Waals surface area contributed by atoms with Crippen molar-refractivity contribution in [1.82, 2.24) is 4.90 Å². The Bertz CT molecular complexity index is 779. The van der Waals surface area contributed by atoms with Crippen LogP contribution < -0.4 is 9.47 Å². The number of likely N-dealkylation sites (N-methyl/N-ethyl adjacent to an activating group) is 1. The van der Waals surface area contributed by atoms with Gasteiger partial charge in [-0.25, -0.2) is 0 Å². The van der Waals surface area contributed by atoms with Gasteiger partial charge in [0, 0.05) is 25.2 Å². The van der Waals surface area contributed by atoms with Gasteiger partial charge in [0.15, 0.2) is 12.4 Å². The SMILES string of the molecule is CCOc1ccccc1/C=C/C(=O)c1ccc(OCC(=O)N(C)C)cc1. The van der Waals surface area contributed by atoms with E-state index in [2.05, 4.69) is 0 Å². The lowest BCUT2D eigenvalue weighted by Crippen LogP contribution is -2.27. The largest absolute Gasteiger partial charge is 0.493 e. The molecule has 136 valence electrons. The van der Waals surface area contributed by atoms with E-state index in [-0.39, 0.29) is 18.3 Å². The van der Waals surface area contributed by atoms with Crippen LogP contribution in [0.4, 0.5) is 0 Å². The van der Waals surface area contributed by atoms with Crippen molar-refractivity contribution in [2.75, 3.05) is 27.3 Å². The van der Waals surface area contributed by atoms with Gasteiger partial charge in [-0.15, -0.1) is 0 Å². The minimum atomic E-state index is -0.124. The Morgan fingerprint density at radius 3 is 2.35 bits per heavy atom. The summed E-state index contributed by atoms with van der Waals surface area (Å²) in [5.41, 5.74) is 1.39. The molecule has 26 heavy (non-hydrogen) atoms. The highest BCUT2D eigenvalue weighted by Gasteiger charge is 2.07. The fraction of sp³-hybridized carbons (Fsp3) is 0.238. The second-order valence-corrected chi connectivity index (χ2v) is 5.77. The van der Waals surface area contributed by atoms with Crippen molar-refractivity contribution in [3.05, 3.63) is 65.7 Å². The molecule has 0 aliphatic rings. The molecule has 0 saturated carbocycles. The van der Waals surface area contributed by atoms with Crippen molar-refractivity contribution in [2.45, 2.75) is 6.92 Å². The summed E-state index contributed by atoms with van der Waals surface area (Å²) < 4.78 is 10.9. The Hall–Kier alpha value is -3.08. The second-order valence-electron chi connectivity index (χ2n) is 5.77. The van der Waals surface area contributed by atoms with Gasteiger partial charge in [0.1, 0.15) is 11.5 Å². The Morgan fingerprint density at radius 1 is 1.00 bits per heavy atom. The van der Waals surface area contributed by atoms with E-state index in [1.54, 1.807) is 44.4 Å². The van der Waals surface area contributed by atoms with Crippen LogP contribution in [0, 0.1) is 0 Å². The summed E-state index contributed by atoms with van der Waals surface area (Å²) in [4.78, 5) is 25.3. The molecule has 0 N–H and O–H groups in total. The summed E-state index contributed by atoms with van der Waals surface area (Å²) >= 11 is 0. The maximum absolute atomic E-state index is 12.3. The Kier molecular flexibility index (Phi) is 6.97. The quantitative estimate of drug-likeness (QED) is 0.539. The van der Waals surface area contributed by atoms with E-state index in [0.29, 0.717) is 17.9 Å². The van der Waals surface area contributed by atoms with Crippen molar-refractivity contribution in [3.8, 4) is 11.5 Å². The van der Waals surface area contributed by atoms with Crippen LogP contribution in [-0.4, -0.2) is 43.9 Å². The van der Waals surface area contributed by atoms with Gasteiger partial charge in [0.2, 0.25) is 0 Å². The number of para-hydroxylation sites is 1. The zero-order valence-corrected chi connectivity index (χ0v) is 15.3. The average Bonchev–Trinajstić information content (AvgIpc) is 2.65. The topological polar surface area (TPSA) is 55.8 Å². The monoisotopic (exact) mass is 353 g/mol. The Labute approximate surface area is 153 Å². The lowest BCUT2D eigenvalue weighted by molar-refractivity contribution is -0.130. The molecule has 0 unspecified atom stereocenters. The van der Waals surface area contributed by atoms with Gasteiger partial charge in [0.25, 0.3) is 5.91 Å². The van der Waals surface area contributed by atoms with Gasteiger partial charge in [0.05, 0.1) is 6.61 Å². The molecule has 5 heteroatoms. The van der Waals surface area contributed by atoms with Crippen molar-refractivity contribution in [3.63, 3.8) is 0 Å². The number of benzene rings is 2. The maximum Gasteiger partial charge on any atom is 0.259 e. The number of nitrogens with zero attached hydrogens (tertiary/aromatic N) is 1. The maximum atomic E-state index is 12.3. The number of rotatable bonds is 8. The van der Waals surface area contributed by atoms with Crippen LogP contribution in [0.15, 0.2) is 54.6 Å². The number of amides is 1. The van der Waals surface area contributed by atoms with Crippen LogP contribution in [0.1, 0.15) is 22.8 Å². The van der Waals surface area contributed by atoms with Gasteiger partial charge in [-0.1, -0.05) is 18.2 Å². The predicted octanol–water partition coefficient (Wildman–Crippen LogP) is 3.45. The molecule has 2 rings (SSSR count). The first-order valence-corrected chi connectivity index (χ1v) is 8.38. The zero-order valence-electron chi connectivity index (χ0n) is 15.3. The predicted molar refractivity (Wildman–Crippen MR) is 102 cm³/mol. The molecule has 0 aromatic heterocycles. The number of carbonyl (C=O) groups is 2. The standard InChI is InChI=1S/C21H23NO4/c1-4-25-20-8-6-5-7-17(20)11-14-19(23)16-9-12-18(13-10-16)26-15-21(24)22(2)3/h5-14H,4,15H2,1-3H3/b14-11+. The summed E-state index contributed by atoms with van der Waals surface area (Å²) in [6.45, 7) is 2.45. The molecule has 0 fully saturated rings. The number of hydrogen-bond donors (Lipinski definition) is 0. The van der Waals surface area contributed by atoms with E-state index in [9.17, 15) is 9.59 Å². The van der Waals surface area contributed by atoms with Crippen LogP contribution in [-0.2, 0) is 4.79 Å². The van der Waals surface area contributed by atoms with Gasteiger partial charge in [-0.3, -0.25) is 9.59 Å². The third-order valence-corrected chi connectivity index (χ3v) is 3.63. The Balaban J connectivity index is 2.01. The highest BCUT2D eigenvalue weighted by atomic mass is 16.5. The molecule has 0 atom stereocenters. The molecule has 0 heterocycles. The molecule has 0 spiro atoms. The van der Waals surface area contributed by atoms with Crippen molar-refractivity contribution in [2.24, 2.45) is 0 Å². The fourth-order valence-corrected chi connectivity index (χ4v) is 2.16. The molecule has 0 radical (unpaired) electrons. The minimum absolute atomic E-state index is 0.0333. The summed E-state index contributed by atoms with van der Waals surface area (Å²) in [5, 5.41) is 0. The summed E-state index contributed by atoms with van der Waals surface area (Å²) in [6.07, 6.45) is 3.26. The van der Waals surface area contributed by atoms with E-state index in [1.807, 2.05) is 31.2 Å². The van der Waals surface area contributed by atoms with Crippen LogP contribution in [0.2, 0.25) is 0 Å². The number of ether oxygens (including phenoxy) is 2. The molecular weight excluding hydrogens is 330 g/mol. The first-order chi connectivity index (χ1) is 12.5. The minimum Gasteiger partial charge on any atom is -0.493 e. The third kappa shape index (κ3) is 5.48. The highest BCUT2D eigenvalue weighted by molar-refractivity contribution is 6.07. The number of hydrogen-bond acceptors (Lipinski definition) is 4. The Morgan fingerprint density at radius 2 is 1.69 bits per heavy atom. The molecule has 0 bridgehead atoms. The number of ketones is 1.